The van der Waals surface area contributed by atoms with Gasteiger partial charge in [0.1, 0.15) is 18.1 Å². The van der Waals surface area contributed by atoms with Crippen molar-refractivity contribution in [2.75, 3.05) is 20.2 Å². The number of rotatable bonds is 6. The van der Waals surface area contributed by atoms with Crippen LogP contribution >= 0.6 is 0 Å². The lowest BCUT2D eigenvalue weighted by Gasteiger charge is -2.13. The molecule has 0 saturated heterocycles. The van der Waals surface area contributed by atoms with Gasteiger partial charge in [-0.15, -0.1) is 0 Å². The van der Waals surface area contributed by atoms with Gasteiger partial charge < -0.3 is 10.1 Å². The molecule has 1 aliphatic rings. The molecule has 134 valence electrons. The molecular formula is C19H17FN2O4. The van der Waals surface area contributed by atoms with Crippen molar-refractivity contribution in [3.63, 3.8) is 0 Å². The third-order valence-electron chi connectivity index (χ3n) is 4.14. The van der Waals surface area contributed by atoms with Gasteiger partial charge in [0.2, 0.25) is 5.91 Å². The molecule has 6 nitrogen and oxygen atoms in total. The highest BCUT2D eigenvalue weighted by Crippen LogP contribution is 2.24. The number of nitrogens with one attached hydrogen (secondary N) is 1. The lowest BCUT2D eigenvalue weighted by atomic mass is 10.1. The SMILES string of the molecule is COc1ccc(CCNC(=O)CN2C(=O)c3cccc(F)c3C2=O)cc1. The average molecular weight is 356 g/mol. The number of carbonyl (C=O) groups is 3. The van der Waals surface area contributed by atoms with Gasteiger partial charge in [-0.3, -0.25) is 19.3 Å². The first-order valence-corrected chi connectivity index (χ1v) is 8.05. The van der Waals surface area contributed by atoms with Gasteiger partial charge in [-0.05, 0) is 36.2 Å². The van der Waals surface area contributed by atoms with Crippen molar-refractivity contribution < 1.29 is 23.5 Å². The van der Waals surface area contributed by atoms with Crippen molar-refractivity contribution in [1.82, 2.24) is 10.2 Å². The van der Waals surface area contributed by atoms with Gasteiger partial charge >= 0.3 is 0 Å². The third kappa shape index (κ3) is 3.42. The number of imide groups is 1. The van der Waals surface area contributed by atoms with Crippen molar-refractivity contribution in [2.24, 2.45) is 0 Å². The molecule has 0 aliphatic carbocycles. The fourth-order valence-corrected chi connectivity index (χ4v) is 2.77. The molecular weight excluding hydrogens is 339 g/mol. The van der Waals surface area contributed by atoms with Gasteiger partial charge in [0, 0.05) is 6.54 Å². The highest BCUT2D eigenvalue weighted by Gasteiger charge is 2.38. The lowest BCUT2D eigenvalue weighted by Crippen LogP contribution is -2.40. The molecule has 0 unspecified atom stereocenters. The van der Waals surface area contributed by atoms with E-state index in [9.17, 15) is 18.8 Å². The van der Waals surface area contributed by atoms with E-state index in [1.54, 1.807) is 7.11 Å². The summed E-state index contributed by atoms with van der Waals surface area (Å²) in [5, 5.41) is 2.66. The van der Waals surface area contributed by atoms with Gasteiger partial charge in [-0.1, -0.05) is 18.2 Å². The first-order valence-electron chi connectivity index (χ1n) is 8.05. The molecule has 3 amide bonds. The Morgan fingerprint density at radius 1 is 1.12 bits per heavy atom. The Morgan fingerprint density at radius 3 is 2.50 bits per heavy atom. The molecule has 0 bridgehead atoms. The van der Waals surface area contributed by atoms with Crippen molar-refractivity contribution in [3.8, 4) is 5.75 Å². The Kier molecular flexibility index (Phi) is 4.97. The zero-order chi connectivity index (χ0) is 18.7. The summed E-state index contributed by atoms with van der Waals surface area (Å²) >= 11 is 0. The minimum Gasteiger partial charge on any atom is -0.497 e. The normalized spacial score (nSPS) is 12.9. The maximum Gasteiger partial charge on any atom is 0.265 e. The number of ether oxygens (including phenoxy) is 1. The number of benzene rings is 2. The van der Waals surface area contributed by atoms with Crippen LogP contribution in [0, 0.1) is 5.82 Å². The Balaban J connectivity index is 1.54. The van der Waals surface area contributed by atoms with Crippen molar-refractivity contribution in [3.05, 3.63) is 65.0 Å². The number of halogens is 1. The molecule has 0 fully saturated rings. The van der Waals surface area contributed by atoms with Crippen molar-refractivity contribution in [2.45, 2.75) is 6.42 Å². The summed E-state index contributed by atoms with van der Waals surface area (Å²) < 4.78 is 18.8. The standard InChI is InChI=1S/C19H17FN2O4/c1-26-13-7-5-12(6-8-13)9-10-21-16(23)11-22-18(24)14-3-2-4-15(20)17(14)19(22)25/h2-8H,9-11H2,1H3,(H,21,23). The Bertz CT molecular complexity index is 864. The van der Waals surface area contributed by atoms with Crippen molar-refractivity contribution >= 4 is 17.7 Å². The molecule has 7 heteroatoms. The fraction of sp³-hybridized carbons (Fsp3) is 0.211. The van der Waals surface area contributed by atoms with E-state index >= 15 is 0 Å². The predicted octanol–water partition coefficient (Wildman–Crippen LogP) is 1.79. The maximum atomic E-state index is 13.8. The van der Waals surface area contributed by atoms with Gasteiger partial charge in [0.05, 0.1) is 18.2 Å². The molecule has 3 rings (SSSR count). The molecule has 0 saturated carbocycles. The zero-order valence-corrected chi connectivity index (χ0v) is 14.1. The molecule has 1 N–H and O–H groups in total. The second kappa shape index (κ2) is 7.35. The second-order valence-corrected chi connectivity index (χ2v) is 5.81. The number of hydrogen-bond acceptors (Lipinski definition) is 4. The highest BCUT2D eigenvalue weighted by molar-refractivity contribution is 6.22. The number of hydrogen-bond donors (Lipinski definition) is 1. The summed E-state index contributed by atoms with van der Waals surface area (Å²) in [6, 6.07) is 11.3. The summed E-state index contributed by atoms with van der Waals surface area (Å²) in [4.78, 5) is 37.2. The van der Waals surface area contributed by atoms with Crippen molar-refractivity contribution in [1.29, 1.82) is 0 Å². The summed E-state index contributed by atoms with van der Waals surface area (Å²) in [7, 11) is 1.58. The molecule has 0 spiro atoms. The largest absolute Gasteiger partial charge is 0.497 e. The smallest absolute Gasteiger partial charge is 0.265 e. The van der Waals surface area contributed by atoms with Gasteiger partial charge in [-0.2, -0.15) is 0 Å². The summed E-state index contributed by atoms with van der Waals surface area (Å²) in [5.41, 5.74) is 0.721. The van der Waals surface area contributed by atoms with E-state index in [1.165, 1.54) is 12.1 Å². The Labute approximate surface area is 149 Å². The Morgan fingerprint density at radius 2 is 1.85 bits per heavy atom. The van der Waals surface area contributed by atoms with Gasteiger partial charge in [0.25, 0.3) is 11.8 Å². The summed E-state index contributed by atoms with van der Waals surface area (Å²) in [5.74, 6) is -1.93. The molecule has 0 radical (unpaired) electrons. The molecule has 2 aromatic carbocycles. The molecule has 1 aliphatic heterocycles. The van der Waals surface area contributed by atoms with Crippen LogP contribution in [0.1, 0.15) is 26.3 Å². The maximum absolute atomic E-state index is 13.8. The van der Waals surface area contributed by atoms with Crippen LogP contribution in [0.4, 0.5) is 4.39 Å². The van der Waals surface area contributed by atoms with E-state index in [2.05, 4.69) is 5.32 Å². The van der Waals surface area contributed by atoms with E-state index in [0.717, 1.165) is 22.3 Å². The number of fused-ring (bicyclic) bond motifs is 1. The molecule has 0 atom stereocenters. The van der Waals surface area contributed by atoms with E-state index < -0.39 is 30.1 Å². The number of carbonyl (C=O) groups excluding carboxylic acids is 3. The topological polar surface area (TPSA) is 75.7 Å². The first-order chi connectivity index (χ1) is 12.5. The summed E-state index contributed by atoms with van der Waals surface area (Å²) in [6.07, 6.45) is 0.590. The Hall–Kier alpha value is -3.22. The zero-order valence-electron chi connectivity index (χ0n) is 14.1. The summed E-state index contributed by atoms with van der Waals surface area (Å²) in [6.45, 7) is -0.0862. The van der Waals surface area contributed by atoms with Gasteiger partial charge in [-0.25, -0.2) is 4.39 Å². The van der Waals surface area contributed by atoms with Crippen LogP contribution in [0.2, 0.25) is 0 Å². The van der Waals surface area contributed by atoms with Crippen LogP contribution in [-0.2, 0) is 11.2 Å². The minimum absolute atomic E-state index is 0.0129. The van der Waals surface area contributed by atoms with Crippen LogP contribution in [0.5, 0.6) is 5.75 Å². The van der Waals surface area contributed by atoms with E-state index in [0.29, 0.717) is 13.0 Å². The lowest BCUT2D eigenvalue weighted by molar-refractivity contribution is -0.121. The van der Waals surface area contributed by atoms with E-state index in [1.807, 2.05) is 24.3 Å². The second-order valence-electron chi connectivity index (χ2n) is 5.81. The monoisotopic (exact) mass is 356 g/mol. The molecule has 0 aromatic heterocycles. The number of methoxy groups -OCH3 is 1. The quantitative estimate of drug-likeness (QED) is 0.801. The minimum atomic E-state index is -0.784. The number of amides is 3. The van der Waals surface area contributed by atoms with E-state index in [4.69, 9.17) is 4.74 Å². The predicted molar refractivity (Wildman–Crippen MR) is 91.5 cm³/mol. The van der Waals surface area contributed by atoms with Gasteiger partial charge in [0.15, 0.2) is 0 Å². The van der Waals surface area contributed by atoms with Crippen LogP contribution in [0.3, 0.4) is 0 Å². The highest BCUT2D eigenvalue weighted by atomic mass is 19.1. The molecule has 1 heterocycles. The number of nitrogens with zero attached hydrogens (tertiary/aromatic N) is 1. The third-order valence-corrected chi connectivity index (χ3v) is 4.14. The van der Waals surface area contributed by atoms with Crippen LogP contribution in [0.15, 0.2) is 42.5 Å². The molecule has 26 heavy (non-hydrogen) atoms. The fourth-order valence-electron chi connectivity index (χ4n) is 2.77. The molecule has 2 aromatic rings. The van der Waals surface area contributed by atoms with Crippen LogP contribution in [0.25, 0.3) is 0 Å². The average Bonchev–Trinajstić information content (AvgIpc) is 2.88. The van der Waals surface area contributed by atoms with E-state index in [-0.39, 0.29) is 11.1 Å². The van der Waals surface area contributed by atoms with Crippen LogP contribution < -0.4 is 10.1 Å². The van der Waals surface area contributed by atoms with Crippen LogP contribution in [-0.4, -0.2) is 42.8 Å². The first kappa shape index (κ1) is 17.6.